The zero-order valence-electron chi connectivity index (χ0n) is 11.0. The minimum absolute atomic E-state index is 0. The number of ether oxygens (including phenoxy) is 1. The van der Waals surface area contributed by atoms with Crippen LogP contribution >= 0.6 is 12.4 Å². The summed E-state index contributed by atoms with van der Waals surface area (Å²) < 4.78 is 6.01. The van der Waals surface area contributed by atoms with Crippen molar-refractivity contribution in [3.63, 3.8) is 0 Å². The molecule has 0 aliphatic carbocycles. The van der Waals surface area contributed by atoms with Gasteiger partial charge >= 0.3 is 5.82 Å². The van der Waals surface area contributed by atoms with Gasteiger partial charge in [-0.1, -0.05) is 11.8 Å². The maximum atomic E-state index is 11.9. The summed E-state index contributed by atoms with van der Waals surface area (Å²) in [6.45, 7) is 2.14. The van der Waals surface area contributed by atoms with E-state index in [9.17, 15) is 10.1 Å². The van der Waals surface area contributed by atoms with Crippen LogP contribution in [0.25, 0.3) is 11.0 Å². The Morgan fingerprint density at radius 3 is 2.90 bits per heavy atom. The molecular weight excluding hydrogens is 286 g/mol. The highest BCUT2D eigenvalue weighted by Gasteiger charge is 2.15. The van der Waals surface area contributed by atoms with Crippen molar-refractivity contribution in [2.75, 3.05) is 13.2 Å². The van der Waals surface area contributed by atoms with Crippen LogP contribution in [0.4, 0.5) is 0 Å². The average Bonchev–Trinajstić information content (AvgIpc) is 2.43. The fourth-order valence-electron chi connectivity index (χ4n) is 1.73. The Bertz CT molecular complexity index is 644. The van der Waals surface area contributed by atoms with Crippen molar-refractivity contribution in [1.82, 2.24) is 9.94 Å². The van der Waals surface area contributed by atoms with E-state index in [1.165, 1.54) is 12.1 Å². The summed E-state index contributed by atoms with van der Waals surface area (Å²) >= 11 is 0. The molecule has 20 heavy (non-hydrogen) atoms. The van der Waals surface area contributed by atoms with E-state index in [4.69, 9.17) is 9.84 Å². The van der Waals surface area contributed by atoms with E-state index in [0.717, 1.165) is 0 Å². The van der Waals surface area contributed by atoms with Gasteiger partial charge in [0.2, 0.25) is 5.52 Å². The van der Waals surface area contributed by atoms with Crippen LogP contribution in [0.3, 0.4) is 0 Å². The number of nitrogens with zero attached hydrogens (tertiary/aromatic N) is 3. The quantitative estimate of drug-likeness (QED) is 0.658. The minimum atomic E-state index is 0. The molecule has 0 aliphatic rings. The van der Waals surface area contributed by atoms with Gasteiger partial charge in [-0.3, -0.25) is 0 Å². The predicted octanol–water partition coefficient (Wildman–Crippen LogP) is 1.04. The van der Waals surface area contributed by atoms with Gasteiger partial charge < -0.3 is 15.1 Å². The molecule has 1 aromatic heterocycles. The zero-order chi connectivity index (χ0) is 13.8. The molecule has 0 unspecified atom stereocenters. The molecule has 0 aliphatic heterocycles. The lowest BCUT2D eigenvalue weighted by atomic mass is 10.3. The van der Waals surface area contributed by atoms with Gasteiger partial charge in [-0.2, -0.15) is 4.85 Å². The lowest BCUT2D eigenvalue weighted by Gasteiger charge is -2.09. The highest BCUT2D eigenvalue weighted by atomic mass is 35.5. The molecule has 1 aromatic carbocycles. The highest BCUT2D eigenvalue weighted by molar-refractivity contribution is 5.85. The molecular formula is C12H16ClN3O4. The third-order valence-electron chi connectivity index (χ3n) is 2.70. The first-order valence-electron chi connectivity index (χ1n) is 6.07. The number of hydrogen-bond donors (Lipinski definition) is 1. The average molecular weight is 302 g/mol. The Morgan fingerprint density at radius 2 is 2.25 bits per heavy atom. The van der Waals surface area contributed by atoms with Crippen LogP contribution < -0.4 is 9.16 Å². The second kappa shape index (κ2) is 7.06. The fourth-order valence-corrected chi connectivity index (χ4v) is 1.73. The summed E-state index contributed by atoms with van der Waals surface area (Å²) in [5.74, 6) is 0.646. The van der Waals surface area contributed by atoms with Crippen molar-refractivity contribution < 1.29 is 14.3 Å². The van der Waals surface area contributed by atoms with Crippen LogP contribution in [-0.2, 0) is 6.42 Å². The van der Waals surface area contributed by atoms with Gasteiger partial charge in [0.15, 0.2) is 0 Å². The molecule has 1 heterocycles. The molecule has 2 aromatic rings. The summed E-state index contributed by atoms with van der Waals surface area (Å²) in [6, 6.07) is 4.62. The molecule has 0 spiro atoms. The van der Waals surface area contributed by atoms with Gasteiger partial charge in [0.1, 0.15) is 11.3 Å². The number of aromatic nitrogens is 3. The summed E-state index contributed by atoms with van der Waals surface area (Å²) in [7, 11) is 0. The molecule has 8 heteroatoms. The van der Waals surface area contributed by atoms with E-state index < -0.39 is 0 Å². The summed E-state index contributed by atoms with van der Waals surface area (Å²) in [5.41, 5.74) is 0.421. The Hall–Kier alpha value is -1.86. The number of aliphatic hydroxyl groups is 1. The zero-order valence-corrected chi connectivity index (χ0v) is 11.8. The van der Waals surface area contributed by atoms with Crippen LogP contribution in [0.1, 0.15) is 19.2 Å². The van der Waals surface area contributed by atoms with E-state index in [1.54, 1.807) is 13.0 Å². The maximum Gasteiger partial charge on any atom is 0.367 e. The number of hydrogen-bond acceptors (Lipinski definition) is 5. The van der Waals surface area contributed by atoms with E-state index in [1.807, 2.05) is 0 Å². The van der Waals surface area contributed by atoms with Gasteiger partial charge in [0.25, 0.3) is 0 Å². The monoisotopic (exact) mass is 301 g/mol. The molecule has 0 saturated carbocycles. The van der Waals surface area contributed by atoms with Crippen molar-refractivity contribution in [3.05, 3.63) is 34.1 Å². The van der Waals surface area contributed by atoms with Crippen molar-refractivity contribution in [2.45, 2.75) is 19.8 Å². The summed E-state index contributed by atoms with van der Waals surface area (Å²) in [5, 5.41) is 24.1. The third kappa shape index (κ3) is 3.17. The first kappa shape index (κ1) is 16.2. The molecule has 1 N–H and O–H groups in total. The maximum absolute atomic E-state index is 11.9. The Morgan fingerprint density at radius 1 is 1.50 bits per heavy atom. The standard InChI is InChI=1S/C12H15N3O4.ClH/c1-2-12-13-15(18)11-8-9(19-7-3-6-16)4-5-10(11)14(12)17;/h4-5,8,16H,2-3,6-7H2,1H3;1H. The number of fused-ring (bicyclic) bond motifs is 1. The van der Waals surface area contributed by atoms with Gasteiger partial charge in [-0.05, 0) is 12.1 Å². The molecule has 7 nitrogen and oxygen atoms in total. The number of rotatable bonds is 5. The molecule has 0 bridgehead atoms. The molecule has 2 rings (SSSR count). The molecule has 0 fully saturated rings. The van der Waals surface area contributed by atoms with Crippen molar-refractivity contribution in [1.29, 1.82) is 0 Å². The minimum Gasteiger partial charge on any atom is -0.772 e. The van der Waals surface area contributed by atoms with Gasteiger partial charge in [0.05, 0.1) is 18.1 Å². The second-order valence-corrected chi connectivity index (χ2v) is 4.01. The third-order valence-corrected chi connectivity index (χ3v) is 2.70. The second-order valence-electron chi connectivity index (χ2n) is 4.01. The van der Waals surface area contributed by atoms with Gasteiger partial charge in [-0.25, -0.2) is 0 Å². The van der Waals surface area contributed by atoms with Gasteiger partial charge in [-0.15, -0.1) is 12.4 Å². The Kier molecular flexibility index (Phi) is 5.72. The highest BCUT2D eigenvalue weighted by Crippen LogP contribution is 2.17. The topological polar surface area (TPSA) is 93.3 Å². The van der Waals surface area contributed by atoms with Crippen LogP contribution in [0, 0.1) is 10.1 Å². The number of benzene rings is 1. The predicted molar refractivity (Wildman–Crippen MR) is 75.7 cm³/mol. The molecule has 0 amide bonds. The molecule has 0 atom stereocenters. The van der Waals surface area contributed by atoms with Crippen LogP contribution in [0.5, 0.6) is 5.75 Å². The molecule has 0 radical (unpaired) electrons. The molecule has 0 saturated heterocycles. The number of aryl methyl sites for hydroxylation is 1. The van der Waals surface area contributed by atoms with Crippen LogP contribution in [0.15, 0.2) is 18.2 Å². The van der Waals surface area contributed by atoms with Gasteiger partial charge in [0, 0.05) is 23.5 Å². The normalized spacial score (nSPS) is 10.3. The summed E-state index contributed by atoms with van der Waals surface area (Å²) in [4.78, 5) is 12.3. The fraction of sp³-hybridized carbons (Fsp3) is 0.417. The number of halogens is 1. The molecule has 110 valence electrons. The first-order chi connectivity index (χ1) is 9.17. The van der Waals surface area contributed by atoms with Crippen LogP contribution in [-0.4, -0.2) is 28.3 Å². The lowest BCUT2D eigenvalue weighted by Crippen LogP contribution is -2.26. The Balaban J connectivity index is 0.00000200. The summed E-state index contributed by atoms with van der Waals surface area (Å²) in [6.07, 6.45) is 0.889. The van der Waals surface area contributed by atoms with E-state index in [0.29, 0.717) is 34.5 Å². The van der Waals surface area contributed by atoms with E-state index in [-0.39, 0.29) is 35.9 Å². The number of aliphatic hydroxyl groups excluding tert-OH is 1. The van der Waals surface area contributed by atoms with E-state index in [2.05, 4.69) is 5.10 Å². The first-order valence-corrected chi connectivity index (χ1v) is 6.07. The largest absolute Gasteiger partial charge is 0.772 e. The Labute approximate surface area is 121 Å². The van der Waals surface area contributed by atoms with Crippen molar-refractivity contribution in [2.24, 2.45) is 0 Å². The SMILES string of the molecule is CCc1nn([O-])c2cc(OCCCO)ccc2[n+]1=O.Cl. The van der Waals surface area contributed by atoms with Crippen molar-refractivity contribution >= 4 is 23.4 Å². The van der Waals surface area contributed by atoms with E-state index >= 15 is 0 Å². The lowest BCUT2D eigenvalue weighted by molar-refractivity contribution is -0.480. The van der Waals surface area contributed by atoms with Crippen molar-refractivity contribution in [3.8, 4) is 5.75 Å². The van der Waals surface area contributed by atoms with Crippen LogP contribution in [0.2, 0.25) is 0 Å². The smallest absolute Gasteiger partial charge is 0.367 e.